The molecular weight excluding hydrogens is 162 g/mol. The zero-order chi connectivity index (χ0) is 9.68. The van der Waals surface area contributed by atoms with Crippen LogP contribution in [0.4, 0.5) is 0 Å². The second-order valence-electron chi connectivity index (χ2n) is 3.61. The van der Waals surface area contributed by atoms with Crippen molar-refractivity contribution < 1.29 is 0 Å². The van der Waals surface area contributed by atoms with Crippen molar-refractivity contribution in [2.75, 3.05) is 26.7 Å². The molecular formula is C10H17N3. The van der Waals surface area contributed by atoms with Crippen LogP contribution >= 0.6 is 0 Å². The van der Waals surface area contributed by atoms with Crippen molar-refractivity contribution in [2.45, 2.75) is 19.4 Å². The zero-order valence-electron chi connectivity index (χ0n) is 8.38. The first-order valence-corrected chi connectivity index (χ1v) is 4.72. The predicted octanol–water partition coefficient (Wildman–Crippen LogP) is 0.750. The fourth-order valence-electron chi connectivity index (χ4n) is 1.30. The maximum absolute atomic E-state index is 8.57. The third-order valence-electron chi connectivity index (χ3n) is 2.34. The summed E-state index contributed by atoms with van der Waals surface area (Å²) in [5.74, 6) is 0. The molecule has 3 heteroatoms. The Morgan fingerprint density at radius 2 is 2.54 bits per heavy atom. The molecule has 1 N–H and O–H groups in total. The first-order valence-electron chi connectivity index (χ1n) is 4.72. The summed E-state index contributed by atoms with van der Waals surface area (Å²) in [5.41, 5.74) is 1.43. The van der Waals surface area contributed by atoms with Crippen LogP contribution in [0.1, 0.15) is 13.3 Å². The summed E-state index contributed by atoms with van der Waals surface area (Å²) in [7, 11) is 2.12. The van der Waals surface area contributed by atoms with Crippen molar-refractivity contribution in [3.8, 4) is 6.07 Å². The molecule has 1 aliphatic rings. The fraction of sp³-hybridized carbons (Fsp3) is 0.700. The van der Waals surface area contributed by atoms with Crippen LogP contribution in [0.3, 0.4) is 0 Å². The van der Waals surface area contributed by atoms with Gasteiger partial charge in [-0.25, -0.2) is 0 Å². The molecule has 0 aromatic carbocycles. The largest absolute Gasteiger partial charge is 0.302 e. The van der Waals surface area contributed by atoms with Crippen molar-refractivity contribution >= 4 is 0 Å². The summed E-state index contributed by atoms with van der Waals surface area (Å²) in [4.78, 5) is 2.29. The molecule has 1 unspecified atom stereocenters. The molecule has 1 heterocycles. The summed E-state index contributed by atoms with van der Waals surface area (Å²) < 4.78 is 0. The number of hydrogen-bond donors (Lipinski definition) is 1. The second-order valence-corrected chi connectivity index (χ2v) is 3.61. The van der Waals surface area contributed by atoms with Crippen LogP contribution in [-0.2, 0) is 0 Å². The SMILES string of the molecule is CC(C#N)NCC1=CCN(C)CC1. The lowest BCUT2D eigenvalue weighted by Gasteiger charge is -2.22. The molecule has 0 radical (unpaired) electrons. The first-order chi connectivity index (χ1) is 6.22. The van der Waals surface area contributed by atoms with Gasteiger partial charge in [0, 0.05) is 19.6 Å². The van der Waals surface area contributed by atoms with Gasteiger partial charge in [0.2, 0.25) is 0 Å². The number of nitrogens with zero attached hydrogens (tertiary/aromatic N) is 2. The van der Waals surface area contributed by atoms with E-state index in [4.69, 9.17) is 5.26 Å². The molecule has 0 saturated carbocycles. The lowest BCUT2D eigenvalue weighted by molar-refractivity contribution is 0.356. The summed E-state index contributed by atoms with van der Waals surface area (Å²) in [6.45, 7) is 4.92. The molecule has 0 aromatic rings. The van der Waals surface area contributed by atoms with E-state index in [1.165, 1.54) is 5.57 Å². The lowest BCUT2D eigenvalue weighted by atomic mass is 10.1. The van der Waals surface area contributed by atoms with Crippen molar-refractivity contribution in [3.63, 3.8) is 0 Å². The quantitative estimate of drug-likeness (QED) is 0.650. The lowest BCUT2D eigenvalue weighted by Crippen LogP contribution is -2.31. The Bertz CT molecular complexity index is 227. The van der Waals surface area contributed by atoms with E-state index in [1.807, 2.05) is 6.92 Å². The molecule has 1 aliphatic heterocycles. The molecule has 72 valence electrons. The van der Waals surface area contributed by atoms with Crippen molar-refractivity contribution in [1.29, 1.82) is 5.26 Å². The van der Waals surface area contributed by atoms with E-state index < -0.39 is 0 Å². The minimum atomic E-state index is -0.0412. The molecule has 13 heavy (non-hydrogen) atoms. The zero-order valence-corrected chi connectivity index (χ0v) is 8.38. The Hall–Kier alpha value is -0.850. The Morgan fingerprint density at radius 1 is 1.77 bits per heavy atom. The molecule has 0 aromatic heterocycles. The maximum atomic E-state index is 8.57. The van der Waals surface area contributed by atoms with Crippen LogP contribution in [0.15, 0.2) is 11.6 Å². The Kier molecular flexibility index (Phi) is 3.94. The van der Waals surface area contributed by atoms with Crippen molar-refractivity contribution in [2.24, 2.45) is 0 Å². The highest BCUT2D eigenvalue weighted by Gasteiger charge is 2.07. The second kappa shape index (κ2) is 5.00. The Balaban J connectivity index is 2.27. The minimum absolute atomic E-state index is 0.0412. The van der Waals surface area contributed by atoms with Gasteiger partial charge in [0.25, 0.3) is 0 Å². The van der Waals surface area contributed by atoms with E-state index in [1.54, 1.807) is 0 Å². The number of likely N-dealkylation sites (N-methyl/N-ethyl adjacent to an activating group) is 1. The van der Waals surface area contributed by atoms with Gasteiger partial charge in [-0.05, 0) is 20.4 Å². The average Bonchev–Trinajstić information content (AvgIpc) is 2.16. The smallest absolute Gasteiger partial charge is 0.0926 e. The molecule has 0 saturated heterocycles. The summed E-state index contributed by atoms with van der Waals surface area (Å²) >= 11 is 0. The maximum Gasteiger partial charge on any atom is 0.0926 e. The number of nitrogens with one attached hydrogen (secondary N) is 1. The molecule has 1 rings (SSSR count). The fourth-order valence-corrected chi connectivity index (χ4v) is 1.30. The predicted molar refractivity (Wildman–Crippen MR) is 53.3 cm³/mol. The normalized spacial score (nSPS) is 20.5. The Labute approximate surface area is 80.0 Å². The van der Waals surface area contributed by atoms with Gasteiger partial charge in [0.1, 0.15) is 0 Å². The Morgan fingerprint density at radius 3 is 3.08 bits per heavy atom. The summed E-state index contributed by atoms with van der Waals surface area (Å²) in [5, 5.41) is 11.7. The molecule has 3 nitrogen and oxygen atoms in total. The van der Waals surface area contributed by atoms with Gasteiger partial charge in [-0.3, -0.25) is 5.32 Å². The van der Waals surface area contributed by atoms with E-state index in [-0.39, 0.29) is 6.04 Å². The van der Waals surface area contributed by atoms with Crippen LogP contribution in [0.25, 0.3) is 0 Å². The number of nitriles is 1. The van der Waals surface area contributed by atoms with Gasteiger partial charge in [0.05, 0.1) is 12.1 Å². The van der Waals surface area contributed by atoms with Crippen molar-refractivity contribution in [1.82, 2.24) is 10.2 Å². The average molecular weight is 179 g/mol. The molecule has 0 spiro atoms. The highest BCUT2D eigenvalue weighted by molar-refractivity contribution is 5.09. The van der Waals surface area contributed by atoms with Gasteiger partial charge in [-0.15, -0.1) is 0 Å². The van der Waals surface area contributed by atoms with Gasteiger partial charge in [0.15, 0.2) is 0 Å². The first kappa shape index (κ1) is 10.2. The van der Waals surface area contributed by atoms with Crippen LogP contribution < -0.4 is 5.32 Å². The third kappa shape index (κ3) is 3.58. The molecule has 1 atom stereocenters. The third-order valence-corrected chi connectivity index (χ3v) is 2.34. The van der Waals surface area contributed by atoms with Gasteiger partial charge in [-0.1, -0.05) is 11.6 Å². The van der Waals surface area contributed by atoms with Gasteiger partial charge < -0.3 is 4.90 Å². The topological polar surface area (TPSA) is 39.1 Å². The van der Waals surface area contributed by atoms with Crippen LogP contribution in [0.5, 0.6) is 0 Å². The highest BCUT2D eigenvalue weighted by Crippen LogP contribution is 2.07. The highest BCUT2D eigenvalue weighted by atomic mass is 15.1. The van der Waals surface area contributed by atoms with Gasteiger partial charge in [-0.2, -0.15) is 5.26 Å². The van der Waals surface area contributed by atoms with E-state index >= 15 is 0 Å². The summed E-state index contributed by atoms with van der Waals surface area (Å²) in [6, 6.07) is 2.12. The van der Waals surface area contributed by atoms with E-state index in [2.05, 4.69) is 29.4 Å². The number of hydrogen-bond acceptors (Lipinski definition) is 3. The van der Waals surface area contributed by atoms with E-state index in [0.29, 0.717) is 0 Å². The van der Waals surface area contributed by atoms with Crippen LogP contribution in [-0.4, -0.2) is 37.6 Å². The van der Waals surface area contributed by atoms with Crippen molar-refractivity contribution in [3.05, 3.63) is 11.6 Å². The van der Waals surface area contributed by atoms with E-state index in [0.717, 1.165) is 26.1 Å². The summed E-state index contributed by atoms with van der Waals surface area (Å²) in [6.07, 6.45) is 3.38. The minimum Gasteiger partial charge on any atom is -0.302 e. The standard InChI is InChI=1S/C10H17N3/c1-9(7-11)12-8-10-3-5-13(2)6-4-10/h3,9,12H,4-6,8H2,1-2H3. The van der Waals surface area contributed by atoms with E-state index in [9.17, 15) is 0 Å². The van der Waals surface area contributed by atoms with Crippen LogP contribution in [0.2, 0.25) is 0 Å². The molecule has 0 aliphatic carbocycles. The molecule has 0 amide bonds. The molecule has 0 bridgehead atoms. The van der Waals surface area contributed by atoms with Gasteiger partial charge >= 0.3 is 0 Å². The van der Waals surface area contributed by atoms with Crippen LogP contribution in [0, 0.1) is 11.3 Å². The monoisotopic (exact) mass is 179 g/mol. The molecule has 0 fully saturated rings. The number of rotatable bonds is 3.